The SMILES string of the molecule is N=C(N)c1ccc(NC(=O)[C@H](O)[C@H]2OCCN(c3ccc4c(c3)CC(=O)N(CC(N)=O)C4)C2=O)cc1. The molecule has 4 rings (SSSR count). The van der Waals surface area contributed by atoms with E-state index in [0.717, 1.165) is 11.1 Å². The van der Waals surface area contributed by atoms with Gasteiger partial charge < -0.3 is 36.4 Å². The summed E-state index contributed by atoms with van der Waals surface area (Å²) < 4.78 is 5.44. The van der Waals surface area contributed by atoms with Gasteiger partial charge in [-0.2, -0.15) is 0 Å². The van der Waals surface area contributed by atoms with Gasteiger partial charge in [-0.25, -0.2) is 0 Å². The van der Waals surface area contributed by atoms with Crippen molar-refractivity contribution in [1.29, 1.82) is 5.41 Å². The quantitative estimate of drug-likeness (QED) is 0.242. The summed E-state index contributed by atoms with van der Waals surface area (Å²) in [7, 11) is 0. The van der Waals surface area contributed by atoms with Crippen LogP contribution in [-0.2, 0) is 36.9 Å². The van der Waals surface area contributed by atoms with E-state index in [2.05, 4.69) is 5.32 Å². The number of hydrogen-bond donors (Lipinski definition) is 5. The number of aliphatic hydroxyl groups is 1. The number of nitrogens with zero attached hydrogens (tertiary/aromatic N) is 2. The number of nitrogen functional groups attached to an aromatic ring is 1. The Balaban J connectivity index is 1.45. The van der Waals surface area contributed by atoms with Crippen LogP contribution in [-0.4, -0.2) is 71.4 Å². The minimum atomic E-state index is -1.77. The predicted octanol–water partition coefficient (Wildman–Crippen LogP) is -0.928. The van der Waals surface area contributed by atoms with E-state index in [9.17, 15) is 24.3 Å². The van der Waals surface area contributed by atoms with Gasteiger partial charge in [0, 0.05) is 30.0 Å². The highest BCUT2D eigenvalue weighted by Crippen LogP contribution is 2.27. The summed E-state index contributed by atoms with van der Waals surface area (Å²) in [6.45, 7) is 0.376. The molecule has 12 heteroatoms. The highest BCUT2D eigenvalue weighted by atomic mass is 16.5. The first kappa shape index (κ1) is 24.8. The molecule has 2 atom stereocenters. The Bertz CT molecular complexity index is 1230. The maximum absolute atomic E-state index is 13.1. The van der Waals surface area contributed by atoms with Gasteiger partial charge >= 0.3 is 0 Å². The molecule has 1 saturated heterocycles. The summed E-state index contributed by atoms with van der Waals surface area (Å²) in [5.74, 6) is -2.37. The third kappa shape index (κ3) is 5.19. The van der Waals surface area contributed by atoms with Gasteiger partial charge in [-0.3, -0.25) is 24.6 Å². The number of carbonyl (C=O) groups excluding carboxylic acids is 4. The van der Waals surface area contributed by atoms with Crippen LogP contribution in [0.2, 0.25) is 0 Å². The third-order valence-corrected chi connectivity index (χ3v) is 6.04. The van der Waals surface area contributed by atoms with E-state index in [1.54, 1.807) is 30.3 Å². The second-order valence-electron chi connectivity index (χ2n) is 8.55. The second kappa shape index (κ2) is 10.1. The van der Waals surface area contributed by atoms with Crippen LogP contribution in [0, 0.1) is 5.41 Å². The average Bonchev–Trinajstić information content (AvgIpc) is 2.84. The van der Waals surface area contributed by atoms with E-state index in [4.69, 9.17) is 21.6 Å². The number of nitrogens with two attached hydrogens (primary N) is 2. The Morgan fingerprint density at radius 3 is 2.53 bits per heavy atom. The lowest BCUT2D eigenvalue weighted by atomic mass is 9.97. The summed E-state index contributed by atoms with van der Waals surface area (Å²) in [6.07, 6.45) is -3.13. The van der Waals surface area contributed by atoms with Crippen molar-refractivity contribution in [1.82, 2.24) is 4.90 Å². The van der Waals surface area contributed by atoms with Gasteiger partial charge in [0.05, 0.1) is 19.6 Å². The molecule has 2 heterocycles. The smallest absolute Gasteiger partial charge is 0.259 e. The number of benzene rings is 2. The molecular weight excluding hydrogens is 468 g/mol. The zero-order chi connectivity index (χ0) is 26.0. The van der Waals surface area contributed by atoms with Crippen molar-refractivity contribution in [3.05, 3.63) is 59.2 Å². The molecule has 4 amide bonds. The molecule has 2 aliphatic heterocycles. The molecule has 0 radical (unpaired) electrons. The van der Waals surface area contributed by atoms with Gasteiger partial charge in [0.2, 0.25) is 11.8 Å². The number of amides is 4. The molecule has 2 aliphatic rings. The molecule has 12 nitrogen and oxygen atoms in total. The van der Waals surface area contributed by atoms with Crippen LogP contribution in [0.3, 0.4) is 0 Å². The highest BCUT2D eigenvalue weighted by molar-refractivity contribution is 6.04. The van der Waals surface area contributed by atoms with Crippen molar-refractivity contribution in [2.24, 2.45) is 11.5 Å². The zero-order valence-corrected chi connectivity index (χ0v) is 19.3. The van der Waals surface area contributed by atoms with E-state index in [1.165, 1.54) is 21.9 Å². The Morgan fingerprint density at radius 1 is 1.14 bits per heavy atom. The van der Waals surface area contributed by atoms with Gasteiger partial charge in [0.1, 0.15) is 5.84 Å². The maximum Gasteiger partial charge on any atom is 0.259 e. The number of fused-ring (bicyclic) bond motifs is 1. The monoisotopic (exact) mass is 494 g/mol. The normalized spacial score (nSPS) is 18.4. The summed E-state index contributed by atoms with van der Waals surface area (Å²) in [5.41, 5.74) is 13.5. The van der Waals surface area contributed by atoms with Gasteiger partial charge in [-0.15, -0.1) is 0 Å². The number of hydrogen-bond acceptors (Lipinski definition) is 7. The fourth-order valence-electron chi connectivity index (χ4n) is 4.18. The number of ether oxygens (including phenoxy) is 1. The van der Waals surface area contributed by atoms with E-state index < -0.39 is 29.9 Å². The van der Waals surface area contributed by atoms with Crippen molar-refractivity contribution >= 4 is 40.8 Å². The van der Waals surface area contributed by atoms with Gasteiger partial charge in [0.15, 0.2) is 12.2 Å². The molecule has 1 fully saturated rings. The third-order valence-electron chi connectivity index (χ3n) is 6.04. The van der Waals surface area contributed by atoms with Crippen molar-refractivity contribution in [2.75, 3.05) is 29.9 Å². The van der Waals surface area contributed by atoms with Crippen LogP contribution >= 0.6 is 0 Å². The number of amidine groups is 1. The highest BCUT2D eigenvalue weighted by Gasteiger charge is 2.39. The van der Waals surface area contributed by atoms with Gasteiger partial charge in [-0.1, -0.05) is 6.07 Å². The summed E-state index contributed by atoms with van der Waals surface area (Å²) in [6, 6.07) is 11.3. The fourth-order valence-corrected chi connectivity index (χ4v) is 4.18. The molecule has 36 heavy (non-hydrogen) atoms. The van der Waals surface area contributed by atoms with E-state index >= 15 is 0 Å². The molecule has 188 valence electrons. The molecular formula is C24H26N6O6. The molecule has 2 aromatic carbocycles. The van der Waals surface area contributed by atoms with Crippen molar-refractivity contribution in [2.45, 2.75) is 25.2 Å². The van der Waals surface area contributed by atoms with Crippen LogP contribution < -0.4 is 21.7 Å². The Morgan fingerprint density at radius 2 is 1.86 bits per heavy atom. The standard InChI is InChI=1S/C24H26N6O6/c25-18(31)12-29-11-14-3-6-17(9-15(14)10-19(29)32)30-7-8-36-21(24(30)35)20(33)23(34)28-16-4-1-13(2-5-16)22(26)27/h1-6,9,20-21,33H,7-8,10-12H2,(H2,25,31)(H3,26,27)(H,28,34)/t20-,21-/m1/s1. The number of morpholine rings is 1. The van der Waals surface area contributed by atoms with Crippen molar-refractivity contribution < 1.29 is 29.0 Å². The predicted molar refractivity (Wildman–Crippen MR) is 129 cm³/mol. The molecule has 0 bridgehead atoms. The van der Waals surface area contributed by atoms with Gasteiger partial charge in [0.25, 0.3) is 11.8 Å². The van der Waals surface area contributed by atoms with Crippen molar-refractivity contribution in [3.63, 3.8) is 0 Å². The Kier molecular flexibility index (Phi) is 6.99. The van der Waals surface area contributed by atoms with E-state index in [-0.39, 0.29) is 44.4 Å². The summed E-state index contributed by atoms with van der Waals surface area (Å²) >= 11 is 0. The van der Waals surface area contributed by atoms with E-state index in [0.29, 0.717) is 16.9 Å². The average molecular weight is 495 g/mol. The van der Waals surface area contributed by atoms with Crippen LogP contribution in [0.5, 0.6) is 0 Å². The summed E-state index contributed by atoms with van der Waals surface area (Å²) in [4.78, 5) is 52.1. The lowest BCUT2D eigenvalue weighted by Gasteiger charge is -2.35. The van der Waals surface area contributed by atoms with Crippen LogP contribution in [0.1, 0.15) is 16.7 Å². The topological polar surface area (TPSA) is 192 Å². The maximum atomic E-state index is 13.1. The lowest BCUT2D eigenvalue weighted by molar-refractivity contribution is -0.150. The first-order chi connectivity index (χ1) is 17.1. The Hall–Kier alpha value is -4.29. The van der Waals surface area contributed by atoms with Crippen molar-refractivity contribution in [3.8, 4) is 0 Å². The largest absolute Gasteiger partial charge is 0.384 e. The lowest BCUT2D eigenvalue weighted by Crippen LogP contribution is -2.55. The number of aliphatic hydroxyl groups excluding tert-OH is 1. The minimum Gasteiger partial charge on any atom is -0.384 e. The molecule has 0 unspecified atom stereocenters. The number of rotatable bonds is 7. The summed E-state index contributed by atoms with van der Waals surface area (Å²) in [5, 5.41) is 20.5. The number of nitrogens with one attached hydrogen (secondary N) is 2. The zero-order valence-electron chi connectivity index (χ0n) is 19.3. The molecule has 0 spiro atoms. The number of carbonyl (C=O) groups is 4. The first-order valence-electron chi connectivity index (χ1n) is 11.2. The number of anilines is 2. The van der Waals surface area contributed by atoms with Gasteiger partial charge in [-0.05, 0) is 47.5 Å². The van der Waals surface area contributed by atoms with Crippen LogP contribution in [0.15, 0.2) is 42.5 Å². The van der Waals surface area contributed by atoms with Crippen LogP contribution in [0.25, 0.3) is 0 Å². The van der Waals surface area contributed by atoms with Crippen LogP contribution in [0.4, 0.5) is 11.4 Å². The molecule has 0 saturated carbocycles. The first-order valence-corrected chi connectivity index (χ1v) is 11.2. The Labute approximate surface area is 206 Å². The van der Waals surface area contributed by atoms with E-state index in [1.807, 2.05) is 0 Å². The minimum absolute atomic E-state index is 0.0614. The molecule has 2 aromatic rings. The number of primary amides is 1. The fraction of sp³-hybridized carbons (Fsp3) is 0.292. The second-order valence-corrected chi connectivity index (χ2v) is 8.55. The molecule has 0 aliphatic carbocycles. The molecule has 7 N–H and O–H groups in total. The molecule has 0 aromatic heterocycles.